The van der Waals surface area contributed by atoms with Gasteiger partial charge in [0.2, 0.25) is 0 Å². The van der Waals surface area contributed by atoms with Crippen LogP contribution in [0.2, 0.25) is 0 Å². The molecule has 0 spiro atoms. The van der Waals surface area contributed by atoms with Crippen molar-refractivity contribution in [2.45, 2.75) is 13.0 Å². The minimum atomic E-state index is -0.675. The third-order valence-electron chi connectivity index (χ3n) is 2.81. The Balaban J connectivity index is 2.19. The Hall–Kier alpha value is -2.43. The molecule has 19 heavy (non-hydrogen) atoms. The number of carbonyl (C=O) groups is 2. The van der Waals surface area contributed by atoms with Crippen molar-refractivity contribution >= 4 is 22.6 Å². The monoisotopic (exact) mass is 258 g/mol. The Morgan fingerprint density at radius 1 is 1.26 bits per heavy atom. The van der Waals surface area contributed by atoms with E-state index in [1.807, 2.05) is 12.1 Å². The van der Waals surface area contributed by atoms with Gasteiger partial charge < -0.3 is 10.1 Å². The Morgan fingerprint density at radius 2 is 2.05 bits per heavy atom. The molecular weight excluding hydrogens is 244 g/mol. The van der Waals surface area contributed by atoms with Gasteiger partial charge in [-0.05, 0) is 30.5 Å². The molecule has 0 fully saturated rings. The first-order valence-electron chi connectivity index (χ1n) is 5.84. The van der Waals surface area contributed by atoms with Crippen LogP contribution in [0.15, 0.2) is 36.7 Å². The van der Waals surface area contributed by atoms with Crippen molar-refractivity contribution in [3.8, 4) is 0 Å². The molecule has 1 heterocycles. The summed E-state index contributed by atoms with van der Waals surface area (Å²) in [4.78, 5) is 27.2. The van der Waals surface area contributed by atoms with Crippen molar-refractivity contribution in [3.05, 3.63) is 42.2 Å². The summed E-state index contributed by atoms with van der Waals surface area (Å²) in [5.41, 5.74) is 0.495. The Bertz CT molecular complexity index is 625. The Kier molecular flexibility index (Phi) is 3.75. The number of hydrogen-bond acceptors (Lipinski definition) is 4. The second-order valence-electron chi connectivity index (χ2n) is 4.16. The second-order valence-corrected chi connectivity index (χ2v) is 4.16. The lowest BCUT2D eigenvalue weighted by Gasteiger charge is -2.11. The van der Waals surface area contributed by atoms with E-state index in [2.05, 4.69) is 15.0 Å². The molecule has 0 aliphatic heterocycles. The number of methoxy groups -OCH3 is 1. The van der Waals surface area contributed by atoms with E-state index in [0.29, 0.717) is 5.56 Å². The molecular formula is C14H14N2O3. The predicted molar refractivity (Wildman–Crippen MR) is 70.7 cm³/mol. The summed E-state index contributed by atoms with van der Waals surface area (Å²) in [6.07, 6.45) is 3.40. The molecule has 2 aromatic rings. The quantitative estimate of drug-likeness (QED) is 0.848. The van der Waals surface area contributed by atoms with Crippen LogP contribution < -0.4 is 5.32 Å². The van der Waals surface area contributed by atoms with E-state index in [0.717, 1.165) is 10.8 Å². The van der Waals surface area contributed by atoms with E-state index < -0.39 is 12.0 Å². The van der Waals surface area contributed by atoms with Crippen LogP contribution in [0.3, 0.4) is 0 Å². The number of nitrogens with one attached hydrogen (secondary N) is 1. The third kappa shape index (κ3) is 2.88. The highest BCUT2D eigenvalue weighted by Crippen LogP contribution is 2.14. The molecule has 5 nitrogen and oxygen atoms in total. The molecule has 2 rings (SSSR count). The first kappa shape index (κ1) is 13.0. The normalized spacial score (nSPS) is 11.9. The molecule has 0 aliphatic carbocycles. The molecule has 0 radical (unpaired) electrons. The molecule has 1 atom stereocenters. The maximum absolute atomic E-state index is 12.0. The molecule has 98 valence electrons. The topological polar surface area (TPSA) is 68.3 Å². The van der Waals surface area contributed by atoms with Gasteiger partial charge in [-0.15, -0.1) is 0 Å². The summed E-state index contributed by atoms with van der Waals surface area (Å²) in [7, 11) is 1.29. The average Bonchev–Trinajstić information content (AvgIpc) is 2.45. The van der Waals surface area contributed by atoms with E-state index in [1.54, 1.807) is 31.5 Å². The zero-order chi connectivity index (χ0) is 13.8. The van der Waals surface area contributed by atoms with Gasteiger partial charge in [-0.25, -0.2) is 4.79 Å². The minimum Gasteiger partial charge on any atom is -0.467 e. The SMILES string of the molecule is COC(=O)C(C)NC(=O)c1ccc2cnccc2c1. The summed E-state index contributed by atoms with van der Waals surface area (Å²) in [5, 5.41) is 4.47. The zero-order valence-electron chi connectivity index (χ0n) is 10.7. The van der Waals surface area contributed by atoms with Crippen molar-refractivity contribution in [2.24, 2.45) is 0 Å². The number of pyridine rings is 1. The van der Waals surface area contributed by atoms with Crippen molar-refractivity contribution in [1.82, 2.24) is 10.3 Å². The first-order valence-corrected chi connectivity index (χ1v) is 5.84. The first-order chi connectivity index (χ1) is 9.11. The van der Waals surface area contributed by atoms with Crippen LogP contribution in [-0.2, 0) is 9.53 Å². The van der Waals surface area contributed by atoms with Crippen molar-refractivity contribution < 1.29 is 14.3 Å². The van der Waals surface area contributed by atoms with Gasteiger partial charge in [0.1, 0.15) is 6.04 Å². The van der Waals surface area contributed by atoms with Crippen molar-refractivity contribution in [3.63, 3.8) is 0 Å². The number of amides is 1. The number of aromatic nitrogens is 1. The summed E-state index contributed by atoms with van der Waals surface area (Å²) in [6, 6.07) is 6.43. The fourth-order valence-electron chi connectivity index (χ4n) is 1.74. The van der Waals surface area contributed by atoms with Gasteiger partial charge in [0.05, 0.1) is 7.11 Å². The largest absolute Gasteiger partial charge is 0.467 e. The number of esters is 1. The van der Waals surface area contributed by atoms with E-state index in [-0.39, 0.29) is 5.91 Å². The van der Waals surface area contributed by atoms with Gasteiger partial charge in [-0.2, -0.15) is 0 Å². The second kappa shape index (κ2) is 5.48. The summed E-state index contributed by atoms with van der Waals surface area (Å²) >= 11 is 0. The van der Waals surface area contributed by atoms with E-state index in [4.69, 9.17) is 0 Å². The van der Waals surface area contributed by atoms with Crippen LogP contribution in [0.4, 0.5) is 0 Å². The standard InChI is InChI=1S/C14H14N2O3/c1-9(14(18)19-2)16-13(17)11-3-4-12-8-15-6-5-10(12)7-11/h3-9H,1-2H3,(H,16,17). The molecule has 1 amide bonds. The fourth-order valence-corrected chi connectivity index (χ4v) is 1.74. The molecule has 1 aromatic heterocycles. The van der Waals surface area contributed by atoms with Gasteiger partial charge >= 0.3 is 5.97 Å². The molecule has 0 bridgehead atoms. The van der Waals surface area contributed by atoms with Crippen LogP contribution in [0.1, 0.15) is 17.3 Å². The molecule has 0 saturated heterocycles. The van der Waals surface area contributed by atoms with E-state index in [9.17, 15) is 9.59 Å². The Labute approximate surface area is 110 Å². The maximum atomic E-state index is 12.0. The number of rotatable bonds is 3. The highest BCUT2D eigenvalue weighted by molar-refractivity contribution is 6.00. The van der Waals surface area contributed by atoms with Crippen molar-refractivity contribution in [1.29, 1.82) is 0 Å². The number of fused-ring (bicyclic) bond motifs is 1. The number of nitrogens with zero attached hydrogens (tertiary/aromatic N) is 1. The number of ether oxygens (including phenoxy) is 1. The maximum Gasteiger partial charge on any atom is 0.328 e. The lowest BCUT2D eigenvalue weighted by molar-refractivity contribution is -0.142. The van der Waals surface area contributed by atoms with Crippen LogP contribution in [-0.4, -0.2) is 30.0 Å². The number of hydrogen-bond donors (Lipinski definition) is 1. The van der Waals surface area contributed by atoms with Crippen molar-refractivity contribution in [2.75, 3.05) is 7.11 Å². The zero-order valence-corrected chi connectivity index (χ0v) is 10.7. The third-order valence-corrected chi connectivity index (χ3v) is 2.81. The fraction of sp³-hybridized carbons (Fsp3) is 0.214. The van der Waals surface area contributed by atoms with Crippen LogP contribution in [0.25, 0.3) is 10.8 Å². The average molecular weight is 258 g/mol. The van der Waals surface area contributed by atoms with Gasteiger partial charge in [-0.3, -0.25) is 9.78 Å². The van der Waals surface area contributed by atoms with Crippen LogP contribution in [0.5, 0.6) is 0 Å². The van der Waals surface area contributed by atoms with Gasteiger partial charge in [0.25, 0.3) is 5.91 Å². The molecule has 1 N–H and O–H groups in total. The van der Waals surface area contributed by atoms with Gasteiger partial charge in [-0.1, -0.05) is 6.07 Å². The predicted octanol–water partition coefficient (Wildman–Crippen LogP) is 1.53. The lowest BCUT2D eigenvalue weighted by Crippen LogP contribution is -2.39. The lowest BCUT2D eigenvalue weighted by atomic mass is 10.1. The molecule has 5 heteroatoms. The molecule has 1 unspecified atom stereocenters. The summed E-state index contributed by atoms with van der Waals surface area (Å²) in [6.45, 7) is 1.58. The summed E-state index contributed by atoms with van der Waals surface area (Å²) < 4.78 is 4.56. The summed E-state index contributed by atoms with van der Waals surface area (Å²) in [5.74, 6) is -0.782. The highest BCUT2D eigenvalue weighted by atomic mass is 16.5. The molecule has 0 aliphatic rings. The van der Waals surface area contributed by atoms with Crippen LogP contribution in [0, 0.1) is 0 Å². The van der Waals surface area contributed by atoms with E-state index >= 15 is 0 Å². The number of carbonyl (C=O) groups excluding carboxylic acids is 2. The molecule has 1 aromatic carbocycles. The van der Waals surface area contributed by atoms with E-state index in [1.165, 1.54) is 7.11 Å². The Morgan fingerprint density at radius 3 is 2.79 bits per heavy atom. The minimum absolute atomic E-state index is 0.309. The smallest absolute Gasteiger partial charge is 0.328 e. The number of benzene rings is 1. The van der Waals surface area contributed by atoms with Gasteiger partial charge in [0, 0.05) is 23.3 Å². The highest BCUT2D eigenvalue weighted by Gasteiger charge is 2.16. The van der Waals surface area contributed by atoms with Crippen LogP contribution >= 0.6 is 0 Å². The molecule has 0 saturated carbocycles. The van der Waals surface area contributed by atoms with Gasteiger partial charge in [0.15, 0.2) is 0 Å².